The van der Waals surface area contributed by atoms with Gasteiger partial charge in [-0.2, -0.15) is 0 Å². The van der Waals surface area contributed by atoms with E-state index < -0.39 is 0 Å². The molecule has 1 heterocycles. The van der Waals surface area contributed by atoms with Crippen LogP contribution in [0.25, 0.3) is 12.2 Å². The molecule has 25 heavy (non-hydrogen) atoms. The van der Waals surface area contributed by atoms with Gasteiger partial charge >= 0.3 is 0 Å². The van der Waals surface area contributed by atoms with Gasteiger partial charge in [-0.05, 0) is 85.3 Å². The molecular formula is C23H27N2+. The largest absolute Gasteiger partial charge is 0.244 e. The summed E-state index contributed by atoms with van der Waals surface area (Å²) in [6.45, 7) is 18.5. The SMILES string of the molecule is C=Cc1cc(C)c(N2C=[N+](c3c(C)cc(C=C)cc3C)CC2)c(C)c1. The smallest absolute Gasteiger partial charge is 0.229 e. The molecule has 0 saturated heterocycles. The fourth-order valence-electron chi connectivity index (χ4n) is 3.96. The topological polar surface area (TPSA) is 6.25 Å². The summed E-state index contributed by atoms with van der Waals surface area (Å²) in [5, 5.41) is 0. The zero-order valence-corrected chi connectivity index (χ0v) is 15.8. The van der Waals surface area contributed by atoms with Gasteiger partial charge in [0.25, 0.3) is 0 Å². The molecule has 0 unspecified atom stereocenters. The lowest BCUT2D eigenvalue weighted by molar-refractivity contribution is -0.425. The molecule has 0 saturated carbocycles. The molecular weight excluding hydrogens is 304 g/mol. The van der Waals surface area contributed by atoms with Crippen molar-refractivity contribution in [3.63, 3.8) is 0 Å². The van der Waals surface area contributed by atoms with E-state index in [1.165, 1.54) is 44.8 Å². The maximum Gasteiger partial charge on any atom is 0.244 e. The summed E-state index contributed by atoms with van der Waals surface area (Å²) in [7, 11) is 0. The van der Waals surface area contributed by atoms with Crippen molar-refractivity contribution in [3.05, 3.63) is 70.8 Å². The number of hydrogen-bond acceptors (Lipinski definition) is 1. The predicted octanol–water partition coefficient (Wildman–Crippen LogP) is 5.40. The minimum absolute atomic E-state index is 0.997. The Bertz CT molecular complexity index is 841. The van der Waals surface area contributed by atoms with E-state index in [0.717, 1.165) is 13.1 Å². The lowest BCUT2D eigenvalue weighted by Crippen LogP contribution is -2.20. The maximum atomic E-state index is 3.89. The second-order valence-corrected chi connectivity index (χ2v) is 6.92. The highest BCUT2D eigenvalue weighted by atomic mass is 15.3. The average molecular weight is 331 g/mol. The van der Waals surface area contributed by atoms with Crippen molar-refractivity contribution in [1.29, 1.82) is 0 Å². The molecule has 0 bridgehead atoms. The summed E-state index contributed by atoms with van der Waals surface area (Å²) in [6.07, 6.45) is 6.08. The molecule has 1 aliphatic heterocycles. The Morgan fingerprint density at radius 3 is 1.80 bits per heavy atom. The van der Waals surface area contributed by atoms with Gasteiger partial charge in [-0.25, -0.2) is 9.48 Å². The summed E-state index contributed by atoms with van der Waals surface area (Å²) in [5.74, 6) is 0. The second-order valence-electron chi connectivity index (χ2n) is 6.92. The van der Waals surface area contributed by atoms with Crippen molar-refractivity contribution in [2.24, 2.45) is 0 Å². The van der Waals surface area contributed by atoms with E-state index in [2.05, 4.69) is 80.9 Å². The average Bonchev–Trinajstić information content (AvgIpc) is 3.02. The second kappa shape index (κ2) is 6.72. The Morgan fingerprint density at radius 1 is 0.840 bits per heavy atom. The molecule has 3 rings (SSSR count). The summed E-state index contributed by atoms with van der Waals surface area (Å²) >= 11 is 0. The molecule has 0 aromatic heterocycles. The van der Waals surface area contributed by atoms with Gasteiger partial charge in [-0.3, -0.25) is 0 Å². The van der Waals surface area contributed by atoms with E-state index >= 15 is 0 Å². The minimum atomic E-state index is 0.997. The Kier molecular flexibility index (Phi) is 4.63. The molecule has 0 spiro atoms. The van der Waals surface area contributed by atoms with Crippen LogP contribution in [0.15, 0.2) is 37.4 Å². The van der Waals surface area contributed by atoms with E-state index in [0.29, 0.717) is 0 Å². The lowest BCUT2D eigenvalue weighted by atomic mass is 10.0. The summed E-state index contributed by atoms with van der Waals surface area (Å²) in [4.78, 5) is 2.37. The molecule has 2 heteroatoms. The molecule has 1 aliphatic rings. The van der Waals surface area contributed by atoms with Crippen molar-refractivity contribution in [1.82, 2.24) is 0 Å². The standard InChI is InChI=1S/C23H27N2/c1-7-20-11-16(3)22(17(4)12-20)24-9-10-25(15-24)23-18(5)13-21(8-2)14-19(23)6/h7-8,11-15H,1-2,9-10H2,3-6H3/q+1. The number of benzene rings is 2. The Labute approximate surface area is 151 Å². The Balaban J connectivity index is 2.02. The number of anilines is 1. The van der Waals surface area contributed by atoms with Gasteiger partial charge in [0.1, 0.15) is 24.5 Å². The summed E-state index contributed by atoms with van der Waals surface area (Å²) < 4.78 is 2.37. The van der Waals surface area contributed by atoms with Crippen molar-refractivity contribution < 1.29 is 4.58 Å². The van der Waals surface area contributed by atoms with Crippen LogP contribution < -0.4 is 4.90 Å². The zero-order chi connectivity index (χ0) is 18.1. The van der Waals surface area contributed by atoms with Crippen molar-refractivity contribution >= 4 is 29.9 Å². The van der Waals surface area contributed by atoms with Crippen molar-refractivity contribution in [3.8, 4) is 0 Å². The van der Waals surface area contributed by atoms with E-state index in [4.69, 9.17) is 0 Å². The first kappa shape index (κ1) is 17.2. The van der Waals surface area contributed by atoms with Crippen LogP contribution in [0.5, 0.6) is 0 Å². The molecule has 0 atom stereocenters. The highest BCUT2D eigenvalue weighted by Gasteiger charge is 2.27. The highest BCUT2D eigenvalue weighted by molar-refractivity contribution is 5.82. The highest BCUT2D eigenvalue weighted by Crippen LogP contribution is 2.30. The van der Waals surface area contributed by atoms with Crippen LogP contribution in [-0.4, -0.2) is 24.0 Å². The van der Waals surface area contributed by atoms with Crippen LogP contribution in [-0.2, 0) is 0 Å². The van der Waals surface area contributed by atoms with Crippen molar-refractivity contribution in [2.75, 3.05) is 18.0 Å². The normalized spacial score (nSPS) is 13.8. The minimum Gasteiger partial charge on any atom is -0.229 e. The Hall–Kier alpha value is -2.61. The molecule has 0 aliphatic carbocycles. The van der Waals surface area contributed by atoms with Gasteiger partial charge < -0.3 is 0 Å². The van der Waals surface area contributed by atoms with E-state index in [1.54, 1.807) is 0 Å². The number of aryl methyl sites for hydroxylation is 4. The van der Waals surface area contributed by atoms with Crippen LogP contribution in [0.4, 0.5) is 11.4 Å². The number of nitrogens with zero attached hydrogens (tertiary/aromatic N) is 2. The van der Waals surface area contributed by atoms with Gasteiger partial charge in [0.15, 0.2) is 0 Å². The molecule has 0 radical (unpaired) electrons. The third kappa shape index (κ3) is 3.17. The van der Waals surface area contributed by atoms with E-state index in [1.807, 2.05) is 12.2 Å². The fraction of sp³-hybridized carbons (Fsp3) is 0.261. The quantitative estimate of drug-likeness (QED) is 0.680. The monoisotopic (exact) mass is 331 g/mol. The van der Waals surface area contributed by atoms with E-state index in [-0.39, 0.29) is 0 Å². The van der Waals surface area contributed by atoms with Crippen LogP contribution in [0, 0.1) is 27.7 Å². The summed E-state index contributed by atoms with van der Waals surface area (Å²) in [5.41, 5.74) is 10.2. The first-order valence-corrected chi connectivity index (χ1v) is 8.80. The van der Waals surface area contributed by atoms with Crippen LogP contribution in [0.3, 0.4) is 0 Å². The lowest BCUT2D eigenvalue weighted by Gasteiger charge is -2.14. The first-order chi connectivity index (χ1) is 11.9. The Morgan fingerprint density at radius 2 is 1.32 bits per heavy atom. The number of rotatable bonds is 4. The number of hydrogen-bond donors (Lipinski definition) is 0. The first-order valence-electron chi connectivity index (χ1n) is 8.80. The predicted molar refractivity (Wildman–Crippen MR) is 110 cm³/mol. The van der Waals surface area contributed by atoms with Gasteiger partial charge in [-0.1, -0.05) is 25.3 Å². The van der Waals surface area contributed by atoms with Crippen LogP contribution >= 0.6 is 0 Å². The third-order valence-corrected chi connectivity index (χ3v) is 4.93. The molecule has 2 aromatic carbocycles. The van der Waals surface area contributed by atoms with Gasteiger partial charge in [0, 0.05) is 0 Å². The summed E-state index contributed by atoms with van der Waals surface area (Å²) in [6, 6.07) is 8.84. The van der Waals surface area contributed by atoms with Gasteiger partial charge in [0.2, 0.25) is 6.34 Å². The molecule has 128 valence electrons. The van der Waals surface area contributed by atoms with Crippen LogP contribution in [0.1, 0.15) is 33.4 Å². The molecule has 0 N–H and O–H groups in total. The fourth-order valence-corrected chi connectivity index (χ4v) is 3.96. The zero-order valence-electron chi connectivity index (χ0n) is 15.8. The molecule has 2 aromatic rings. The van der Waals surface area contributed by atoms with Gasteiger partial charge in [-0.15, -0.1) is 0 Å². The van der Waals surface area contributed by atoms with E-state index in [9.17, 15) is 0 Å². The molecule has 0 amide bonds. The van der Waals surface area contributed by atoms with Gasteiger partial charge in [0.05, 0.1) is 0 Å². The molecule has 2 nitrogen and oxygen atoms in total. The molecule has 0 fully saturated rings. The van der Waals surface area contributed by atoms with Crippen LogP contribution in [0.2, 0.25) is 0 Å². The third-order valence-electron chi connectivity index (χ3n) is 4.93. The maximum absolute atomic E-state index is 3.89. The van der Waals surface area contributed by atoms with Crippen molar-refractivity contribution in [2.45, 2.75) is 27.7 Å².